The molecule has 0 aliphatic carbocycles. The third-order valence-corrected chi connectivity index (χ3v) is 6.87. The zero-order valence-corrected chi connectivity index (χ0v) is 19.6. The fourth-order valence-electron chi connectivity index (χ4n) is 5.06. The van der Waals surface area contributed by atoms with E-state index in [-0.39, 0.29) is 23.7 Å². The number of aromatic nitrogens is 1. The molecule has 1 aromatic carbocycles. The molecule has 0 radical (unpaired) electrons. The summed E-state index contributed by atoms with van der Waals surface area (Å²) in [5.41, 5.74) is 2.34. The molecule has 1 unspecified atom stereocenters. The van der Waals surface area contributed by atoms with Crippen LogP contribution in [0.3, 0.4) is 0 Å². The van der Waals surface area contributed by atoms with Crippen LogP contribution < -0.4 is 0 Å². The van der Waals surface area contributed by atoms with Crippen LogP contribution in [0.25, 0.3) is 10.9 Å². The maximum atomic E-state index is 12.8. The number of hydrogen-bond acceptors (Lipinski definition) is 4. The Labute approximate surface area is 191 Å². The van der Waals surface area contributed by atoms with E-state index in [9.17, 15) is 4.79 Å². The first-order valence-electron chi connectivity index (χ1n) is 12.2. The number of carbonyl (C=O) groups excluding carboxylic acids is 1. The lowest BCUT2D eigenvalue weighted by Gasteiger charge is -2.46. The van der Waals surface area contributed by atoms with Gasteiger partial charge in [-0.05, 0) is 57.6 Å². The summed E-state index contributed by atoms with van der Waals surface area (Å²) in [6.45, 7) is 7.68. The van der Waals surface area contributed by atoms with Gasteiger partial charge in [-0.25, -0.2) is 0 Å². The molecule has 2 fully saturated rings. The zero-order valence-electron chi connectivity index (χ0n) is 19.6. The van der Waals surface area contributed by atoms with E-state index in [4.69, 9.17) is 14.2 Å². The average Bonchev–Trinajstić information content (AvgIpc) is 3.20. The second kappa shape index (κ2) is 10.8. The number of para-hydroxylation sites is 1. The number of benzene rings is 1. The van der Waals surface area contributed by atoms with E-state index in [0.717, 1.165) is 63.7 Å². The molecule has 176 valence electrons. The predicted molar refractivity (Wildman–Crippen MR) is 126 cm³/mol. The van der Waals surface area contributed by atoms with E-state index in [2.05, 4.69) is 29.4 Å². The SMILES string of the molecule is CC(C)OCCOC1CCOC2(CCN(C(=O)CCCc3c[nH]c4ccccc34)CC2)C1. The summed E-state index contributed by atoms with van der Waals surface area (Å²) < 4.78 is 17.9. The second-order valence-electron chi connectivity index (χ2n) is 9.53. The molecule has 4 rings (SSSR count). The van der Waals surface area contributed by atoms with Gasteiger partial charge in [-0.3, -0.25) is 4.79 Å². The third kappa shape index (κ3) is 5.91. The van der Waals surface area contributed by atoms with Gasteiger partial charge in [0.25, 0.3) is 0 Å². The summed E-state index contributed by atoms with van der Waals surface area (Å²) in [6, 6.07) is 8.35. The van der Waals surface area contributed by atoms with Crippen molar-refractivity contribution in [1.29, 1.82) is 0 Å². The van der Waals surface area contributed by atoms with Crippen LogP contribution in [-0.4, -0.2) is 66.5 Å². The molecule has 1 atom stereocenters. The highest BCUT2D eigenvalue weighted by Crippen LogP contribution is 2.36. The molecular weight excluding hydrogens is 404 g/mol. The maximum Gasteiger partial charge on any atom is 0.222 e. The minimum absolute atomic E-state index is 0.122. The number of fused-ring (bicyclic) bond motifs is 1. The van der Waals surface area contributed by atoms with Gasteiger partial charge in [0.2, 0.25) is 5.91 Å². The van der Waals surface area contributed by atoms with Gasteiger partial charge in [-0.15, -0.1) is 0 Å². The van der Waals surface area contributed by atoms with Gasteiger partial charge in [-0.2, -0.15) is 0 Å². The number of ether oxygens (including phenoxy) is 3. The Morgan fingerprint density at radius 2 is 2.06 bits per heavy atom. The van der Waals surface area contributed by atoms with Crippen LogP contribution in [-0.2, 0) is 25.4 Å². The molecule has 0 bridgehead atoms. The van der Waals surface area contributed by atoms with E-state index < -0.39 is 0 Å². The third-order valence-electron chi connectivity index (χ3n) is 6.87. The first-order valence-corrected chi connectivity index (χ1v) is 12.2. The van der Waals surface area contributed by atoms with Crippen molar-refractivity contribution < 1.29 is 19.0 Å². The summed E-state index contributed by atoms with van der Waals surface area (Å²) in [7, 11) is 0. The molecule has 1 aromatic heterocycles. The van der Waals surface area contributed by atoms with Crippen molar-refractivity contribution in [3.05, 3.63) is 36.0 Å². The number of piperidine rings is 1. The first kappa shape index (κ1) is 23.3. The van der Waals surface area contributed by atoms with Crippen molar-refractivity contribution >= 4 is 16.8 Å². The molecular formula is C26H38N2O4. The fraction of sp³-hybridized carbons (Fsp3) is 0.654. The lowest BCUT2D eigenvalue weighted by Crippen LogP contribution is -2.52. The molecule has 2 saturated heterocycles. The number of amides is 1. The lowest BCUT2D eigenvalue weighted by atomic mass is 9.83. The summed E-state index contributed by atoms with van der Waals surface area (Å²) in [5, 5.41) is 1.27. The van der Waals surface area contributed by atoms with Crippen LogP contribution in [0.15, 0.2) is 30.5 Å². The topological polar surface area (TPSA) is 63.8 Å². The van der Waals surface area contributed by atoms with Crippen molar-refractivity contribution in [1.82, 2.24) is 9.88 Å². The van der Waals surface area contributed by atoms with Crippen LogP contribution in [0.2, 0.25) is 0 Å². The van der Waals surface area contributed by atoms with Crippen LogP contribution in [0, 0.1) is 0 Å². The number of rotatable bonds is 9. The Bertz CT molecular complexity index is 870. The van der Waals surface area contributed by atoms with Gasteiger partial charge in [0.15, 0.2) is 0 Å². The number of aryl methyl sites for hydroxylation is 1. The Hall–Kier alpha value is -1.89. The smallest absolute Gasteiger partial charge is 0.222 e. The number of nitrogens with one attached hydrogen (secondary N) is 1. The standard InChI is InChI=1S/C26H38N2O4/c1-20(2)30-16-17-31-22-10-15-32-26(18-22)11-13-28(14-12-26)25(29)9-5-6-21-19-27-24-8-4-3-7-23(21)24/h3-4,7-8,19-20,22,27H,5-6,9-18H2,1-2H3. The fourth-order valence-corrected chi connectivity index (χ4v) is 5.06. The Morgan fingerprint density at radius 1 is 1.25 bits per heavy atom. The summed E-state index contributed by atoms with van der Waals surface area (Å²) in [5.74, 6) is 0.272. The van der Waals surface area contributed by atoms with E-state index in [1.165, 1.54) is 10.9 Å². The van der Waals surface area contributed by atoms with E-state index in [1.54, 1.807) is 0 Å². The van der Waals surface area contributed by atoms with Crippen molar-refractivity contribution in [2.75, 3.05) is 32.9 Å². The summed E-state index contributed by atoms with van der Waals surface area (Å²) in [4.78, 5) is 18.1. The van der Waals surface area contributed by atoms with Gasteiger partial charge in [-0.1, -0.05) is 18.2 Å². The molecule has 0 saturated carbocycles. The Morgan fingerprint density at radius 3 is 2.88 bits per heavy atom. The highest BCUT2D eigenvalue weighted by molar-refractivity contribution is 5.83. The minimum Gasteiger partial charge on any atom is -0.376 e. The molecule has 6 heteroatoms. The van der Waals surface area contributed by atoms with Crippen molar-refractivity contribution in [3.8, 4) is 0 Å². The zero-order chi connectivity index (χ0) is 22.4. The largest absolute Gasteiger partial charge is 0.376 e. The summed E-state index contributed by atoms with van der Waals surface area (Å²) in [6.07, 6.45) is 8.65. The molecule has 6 nitrogen and oxygen atoms in total. The van der Waals surface area contributed by atoms with Gasteiger partial charge >= 0.3 is 0 Å². The maximum absolute atomic E-state index is 12.8. The number of H-pyrrole nitrogens is 1. The minimum atomic E-state index is -0.122. The number of carbonyl (C=O) groups is 1. The van der Waals surface area contributed by atoms with Gasteiger partial charge < -0.3 is 24.1 Å². The highest BCUT2D eigenvalue weighted by atomic mass is 16.5. The quantitative estimate of drug-likeness (QED) is 0.582. The monoisotopic (exact) mass is 442 g/mol. The van der Waals surface area contributed by atoms with Crippen LogP contribution >= 0.6 is 0 Å². The van der Waals surface area contributed by atoms with E-state index in [1.807, 2.05) is 24.8 Å². The molecule has 32 heavy (non-hydrogen) atoms. The van der Waals surface area contributed by atoms with E-state index >= 15 is 0 Å². The predicted octanol–water partition coefficient (Wildman–Crippen LogP) is 4.47. The number of likely N-dealkylation sites (tertiary alicyclic amines) is 1. The molecule has 2 aromatic rings. The van der Waals surface area contributed by atoms with Gasteiger partial charge in [0, 0.05) is 49.6 Å². The van der Waals surface area contributed by atoms with Crippen molar-refractivity contribution in [2.24, 2.45) is 0 Å². The Balaban J connectivity index is 1.18. The molecule has 1 amide bonds. The first-order chi connectivity index (χ1) is 15.5. The highest BCUT2D eigenvalue weighted by Gasteiger charge is 2.41. The Kier molecular flexibility index (Phi) is 7.87. The van der Waals surface area contributed by atoms with Crippen LogP contribution in [0.4, 0.5) is 0 Å². The van der Waals surface area contributed by atoms with Crippen LogP contribution in [0.5, 0.6) is 0 Å². The van der Waals surface area contributed by atoms with Crippen molar-refractivity contribution in [3.63, 3.8) is 0 Å². The number of nitrogens with zero attached hydrogens (tertiary/aromatic N) is 1. The molecule has 2 aliphatic rings. The second-order valence-corrected chi connectivity index (χ2v) is 9.53. The molecule has 2 aliphatic heterocycles. The van der Waals surface area contributed by atoms with Gasteiger partial charge in [0.1, 0.15) is 0 Å². The normalized spacial score (nSPS) is 21.0. The summed E-state index contributed by atoms with van der Waals surface area (Å²) >= 11 is 0. The lowest BCUT2D eigenvalue weighted by molar-refractivity contribution is -0.163. The average molecular weight is 443 g/mol. The molecule has 1 spiro atoms. The molecule has 1 N–H and O–H groups in total. The van der Waals surface area contributed by atoms with Crippen LogP contribution in [0.1, 0.15) is 57.9 Å². The number of hydrogen-bond donors (Lipinski definition) is 1. The van der Waals surface area contributed by atoms with Crippen molar-refractivity contribution in [2.45, 2.75) is 76.6 Å². The molecule has 3 heterocycles. The number of aromatic amines is 1. The van der Waals surface area contributed by atoms with Gasteiger partial charge in [0.05, 0.1) is 31.0 Å². The van der Waals surface area contributed by atoms with E-state index in [0.29, 0.717) is 19.6 Å².